The van der Waals surface area contributed by atoms with Crippen molar-refractivity contribution in [3.8, 4) is 0 Å². The van der Waals surface area contributed by atoms with Crippen LogP contribution in [-0.2, 0) is 0 Å². The molecule has 0 radical (unpaired) electrons. The van der Waals surface area contributed by atoms with E-state index in [4.69, 9.17) is 4.42 Å². The molecule has 24 heavy (non-hydrogen) atoms. The third kappa shape index (κ3) is 4.22. The lowest BCUT2D eigenvalue weighted by atomic mass is 10.2. The summed E-state index contributed by atoms with van der Waals surface area (Å²) in [6.07, 6.45) is 6.31. The Kier molecular flexibility index (Phi) is 5.25. The van der Waals surface area contributed by atoms with Gasteiger partial charge in [-0.25, -0.2) is 9.82 Å². The number of rotatable bonds is 4. The second-order valence-electron chi connectivity index (χ2n) is 5.79. The van der Waals surface area contributed by atoms with Gasteiger partial charge in [0.1, 0.15) is 11.6 Å². The zero-order valence-corrected chi connectivity index (χ0v) is 13.4. The molecular weight excluding hydrogens is 309 g/mol. The number of hydrazone groups is 1. The molecule has 0 atom stereocenters. The fourth-order valence-electron chi connectivity index (χ4n) is 2.72. The van der Waals surface area contributed by atoms with Crippen LogP contribution in [0.4, 0.5) is 10.3 Å². The number of amides is 1. The van der Waals surface area contributed by atoms with E-state index in [1.165, 1.54) is 50.1 Å². The molecule has 2 aromatic rings. The molecule has 0 unspecified atom stereocenters. The van der Waals surface area contributed by atoms with Gasteiger partial charge in [-0.3, -0.25) is 4.79 Å². The zero-order chi connectivity index (χ0) is 16.8. The number of carbonyl (C=O) groups excluding carboxylic acids is 1. The van der Waals surface area contributed by atoms with Gasteiger partial charge in [-0.15, -0.1) is 0 Å². The van der Waals surface area contributed by atoms with Crippen molar-refractivity contribution in [3.63, 3.8) is 0 Å². The van der Waals surface area contributed by atoms with Crippen LogP contribution >= 0.6 is 0 Å². The SMILES string of the molecule is O=C(NN=Cc1ccc(N2CCCCCC2)o1)c1cccc(F)c1. The van der Waals surface area contributed by atoms with Gasteiger partial charge in [0.25, 0.3) is 5.91 Å². The first kappa shape index (κ1) is 16.2. The van der Waals surface area contributed by atoms with Crippen LogP contribution in [0, 0.1) is 5.82 Å². The van der Waals surface area contributed by atoms with E-state index in [0.29, 0.717) is 5.76 Å². The van der Waals surface area contributed by atoms with E-state index >= 15 is 0 Å². The normalized spacial score (nSPS) is 15.5. The van der Waals surface area contributed by atoms with Crippen molar-refractivity contribution in [3.05, 3.63) is 53.5 Å². The summed E-state index contributed by atoms with van der Waals surface area (Å²) in [4.78, 5) is 14.1. The molecule has 0 bridgehead atoms. The standard InChI is InChI=1S/C18H20FN3O2/c19-15-7-5-6-14(12-15)18(23)21-20-13-16-8-9-17(24-16)22-10-3-1-2-4-11-22/h5-9,12-13H,1-4,10-11H2,(H,21,23). The first-order chi connectivity index (χ1) is 11.7. The molecule has 0 saturated carbocycles. The van der Waals surface area contributed by atoms with Gasteiger partial charge >= 0.3 is 0 Å². The first-order valence-corrected chi connectivity index (χ1v) is 8.16. The minimum atomic E-state index is -0.468. The molecular formula is C18H20FN3O2. The highest BCUT2D eigenvalue weighted by Crippen LogP contribution is 2.21. The number of benzene rings is 1. The van der Waals surface area contributed by atoms with Gasteiger partial charge in [0, 0.05) is 24.7 Å². The number of hydrogen-bond acceptors (Lipinski definition) is 4. The monoisotopic (exact) mass is 329 g/mol. The van der Waals surface area contributed by atoms with Gasteiger partial charge in [0.2, 0.25) is 0 Å². The van der Waals surface area contributed by atoms with Crippen LogP contribution in [-0.4, -0.2) is 25.2 Å². The molecule has 1 saturated heterocycles. The maximum absolute atomic E-state index is 13.1. The van der Waals surface area contributed by atoms with E-state index in [1.807, 2.05) is 12.1 Å². The summed E-state index contributed by atoms with van der Waals surface area (Å²) in [5, 5.41) is 3.87. The van der Waals surface area contributed by atoms with Crippen molar-refractivity contribution < 1.29 is 13.6 Å². The number of furan rings is 1. The first-order valence-electron chi connectivity index (χ1n) is 8.16. The topological polar surface area (TPSA) is 57.8 Å². The fraction of sp³-hybridized carbons (Fsp3) is 0.333. The average Bonchev–Trinajstić information content (AvgIpc) is 2.88. The largest absolute Gasteiger partial charge is 0.440 e. The van der Waals surface area contributed by atoms with Crippen LogP contribution in [0.1, 0.15) is 41.8 Å². The molecule has 1 amide bonds. The quantitative estimate of drug-likeness (QED) is 0.689. The van der Waals surface area contributed by atoms with Gasteiger partial charge in [-0.05, 0) is 37.1 Å². The lowest BCUT2D eigenvalue weighted by Gasteiger charge is -2.18. The lowest BCUT2D eigenvalue weighted by molar-refractivity contribution is 0.0954. The van der Waals surface area contributed by atoms with Crippen LogP contribution in [0.25, 0.3) is 0 Å². The zero-order valence-electron chi connectivity index (χ0n) is 13.4. The molecule has 1 aliphatic heterocycles. The summed E-state index contributed by atoms with van der Waals surface area (Å²) in [5.41, 5.74) is 2.58. The highest BCUT2D eigenvalue weighted by molar-refractivity contribution is 5.94. The predicted molar refractivity (Wildman–Crippen MR) is 90.8 cm³/mol. The summed E-state index contributed by atoms with van der Waals surface area (Å²) >= 11 is 0. The number of halogens is 1. The molecule has 2 heterocycles. The predicted octanol–water partition coefficient (Wildman–Crippen LogP) is 3.56. The van der Waals surface area contributed by atoms with E-state index in [2.05, 4.69) is 15.4 Å². The molecule has 5 nitrogen and oxygen atoms in total. The summed E-state index contributed by atoms with van der Waals surface area (Å²) in [7, 11) is 0. The molecule has 1 aromatic carbocycles. The van der Waals surface area contributed by atoms with Crippen molar-refractivity contribution >= 4 is 18.0 Å². The number of hydrogen-bond donors (Lipinski definition) is 1. The molecule has 1 N–H and O–H groups in total. The molecule has 0 aliphatic carbocycles. The van der Waals surface area contributed by atoms with Crippen LogP contribution < -0.4 is 10.3 Å². The summed E-state index contributed by atoms with van der Waals surface area (Å²) in [6, 6.07) is 9.19. The van der Waals surface area contributed by atoms with Gasteiger partial charge in [0.05, 0.1) is 6.21 Å². The van der Waals surface area contributed by atoms with Gasteiger partial charge in [-0.2, -0.15) is 5.10 Å². The van der Waals surface area contributed by atoms with Crippen molar-refractivity contribution in [2.24, 2.45) is 5.10 Å². The van der Waals surface area contributed by atoms with Gasteiger partial charge in [0.15, 0.2) is 5.88 Å². The van der Waals surface area contributed by atoms with Crippen LogP contribution in [0.5, 0.6) is 0 Å². The number of carbonyl (C=O) groups is 1. The smallest absolute Gasteiger partial charge is 0.271 e. The third-order valence-electron chi connectivity index (χ3n) is 3.98. The van der Waals surface area contributed by atoms with Crippen LogP contribution in [0.3, 0.4) is 0 Å². The van der Waals surface area contributed by atoms with E-state index in [-0.39, 0.29) is 5.56 Å². The number of anilines is 1. The van der Waals surface area contributed by atoms with Gasteiger partial charge in [-0.1, -0.05) is 18.9 Å². The highest BCUT2D eigenvalue weighted by atomic mass is 19.1. The highest BCUT2D eigenvalue weighted by Gasteiger charge is 2.13. The Labute approximate surface area is 140 Å². The Hall–Kier alpha value is -2.63. The molecule has 1 fully saturated rings. The Bertz CT molecular complexity index is 719. The average molecular weight is 329 g/mol. The Morgan fingerprint density at radius 3 is 2.71 bits per heavy atom. The van der Waals surface area contributed by atoms with E-state index in [9.17, 15) is 9.18 Å². The maximum Gasteiger partial charge on any atom is 0.271 e. The minimum Gasteiger partial charge on any atom is -0.440 e. The van der Waals surface area contributed by atoms with Crippen LogP contribution in [0.2, 0.25) is 0 Å². The van der Waals surface area contributed by atoms with Gasteiger partial charge < -0.3 is 9.32 Å². The summed E-state index contributed by atoms with van der Waals surface area (Å²) in [5.74, 6) is 0.466. The second kappa shape index (κ2) is 7.77. The lowest BCUT2D eigenvalue weighted by Crippen LogP contribution is -2.23. The summed E-state index contributed by atoms with van der Waals surface area (Å²) in [6.45, 7) is 2.00. The third-order valence-corrected chi connectivity index (χ3v) is 3.98. The Morgan fingerprint density at radius 2 is 1.96 bits per heavy atom. The fourth-order valence-corrected chi connectivity index (χ4v) is 2.72. The second-order valence-corrected chi connectivity index (χ2v) is 5.79. The molecule has 1 aliphatic rings. The van der Waals surface area contributed by atoms with Crippen molar-refractivity contribution in [2.75, 3.05) is 18.0 Å². The van der Waals surface area contributed by atoms with Crippen LogP contribution in [0.15, 0.2) is 45.9 Å². The van der Waals surface area contributed by atoms with Crippen molar-refractivity contribution in [2.45, 2.75) is 25.7 Å². The van der Waals surface area contributed by atoms with Crippen molar-refractivity contribution in [1.29, 1.82) is 0 Å². The molecule has 126 valence electrons. The Balaban J connectivity index is 1.58. The minimum absolute atomic E-state index is 0.219. The number of nitrogens with zero attached hydrogens (tertiary/aromatic N) is 2. The van der Waals surface area contributed by atoms with Crippen molar-refractivity contribution in [1.82, 2.24) is 5.43 Å². The molecule has 6 heteroatoms. The summed E-state index contributed by atoms with van der Waals surface area (Å²) < 4.78 is 18.8. The van der Waals surface area contributed by atoms with E-state index in [1.54, 1.807) is 0 Å². The molecule has 3 rings (SSSR count). The molecule has 1 aromatic heterocycles. The Morgan fingerprint density at radius 1 is 1.17 bits per heavy atom. The number of nitrogens with one attached hydrogen (secondary N) is 1. The maximum atomic E-state index is 13.1. The molecule has 0 spiro atoms. The van der Waals surface area contributed by atoms with E-state index < -0.39 is 11.7 Å². The van der Waals surface area contributed by atoms with E-state index in [0.717, 1.165) is 25.0 Å².